The molecule has 0 radical (unpaired) electrons. The third-order valence-electron chi connectivity index (χ3n) is 5.07. The Kier molecular flexibility index (Phi) is 6.03. The molecule has 4 rings (SSSR count). The van der Waals surface area contributed by atoms with E-state index in [1.54, 1.807) is 38.4 Å². The number of carbonyl (C=O) groups is 2. The second-order valence-corrected chi connectivity index (χ2v) is 7.13. The maximum Gasteiger partial charge on any atom is 0.419 e. The van der Waals surface area contributed by atoms with Gasteiger partial charge in [0.25, 0.3) is 0 Å². The molecular formula is C26H22N2O4. The summed E-state index contributed by atoms with van der Waals surface area (Å²) in [5.41, 5.74) is 1.44. The monoisotopic (exact) mass is 426 g/mol. The molecule has 0 saturated heterocycles. The van der Waals surface area contributed by atoms with Crippen LogP contribution in [0, 0.1) is 0 Å². The minimum atomic E-state index is -0.519. The molecule has 32 heavy (non-hydrogen) atoms. The number of amides is 2. The lowest BCUT2D eigenvalue weighted by Gasteiger charge is -2.19. The molecule has 160 valence electrons. The molecule has 6 nitrogen and oxygen atoms in total. The largest absolute Gasteiger partial charge is 0.419 e. The Morgan fingerprint density at radius 3 is 1.28 bits per heavy atom. The van der Waals surface area contributed by atoms with E-state index in [9.17, 15) is 9.59 Å². The lowest BCUT2D eigenvalue weighted by atomic mass is 10.1. The van der Waals surface area contributed by atoms with Gasteiger partial charge in [-0.15, -0.1) is 0 Å². The van der Waals surface area contributed by atoms with Crippen LogP contribution < -0.4 is 19.3 Å². The van der Waals surface area contributed by atoms with Crippen LogP contribution >= 0.6 is 0 Å². The van der Waals surface area contributed by atoms with Crippen molar-refractivity contribution in [2.24, 2.45) is 0 Å². The second kappa shape index (κ2) is 9.22. The van der Waals surface area contributed by atoms with Gasteiger partial charge in [-0.05, 0) is 36.4 Å². The smallest absolute Gasteiger partial charge is 0.409 e. The number of para-hydroxylation sites is 2. The zero-order valence-electron chi connectivity index (χ0n) is 17.8. The number of benzene rings is 4. The number of hydrogen-bond donors (Lipinski definition) is 0. The van der Waals surface area contributed by atoms with Gasteiger partial charge in [0.15, 0.2) is 0 Å². The number of nitrogens with zero attached hydrogens (tertiary/aromatic N) is 2. The van der Waals surface area contributed by atoms with Crippen LogP contribution in [-0.4, -0.2) is 26.3 Å². The highest BCUT2D eigenvalue weighted by Gasteiger charge is 2.18. The maximum absolute atomic E-state index is 12.7. The van der Waals surface area contributed by atoms with Crippen LogP contribution in [0.4, 0.5) is 21.0 Å². The standard InChI is InChI=1S/C26H22N2O4/c1-27(19-11-5-3-6-12-19)25(29)31-23-17-9-16-22-21(23)15-10-18-24(22)32-26(30)28(2)20-13-7-4-8-14-20/h3-18H,1-2H3. The van der Waals surface area contributed by atoms with Crippen molar-refractivity contribution in [3.8, 4) is 11.5 Å². The van der Waals surface area contributed by atoms with E-state index >= 15 is 0 Å². The fraction of sp³-hybridized carbons (Fsp3) is 0.0769. The zero-order valence-corrected chi connectivity index (χ0v) is 17.8. The summed E-state index contributed by atoms with van der Waals surface area (Å²) in [5, 5.41) is 1.32. The molecule has 0 N–H and O–H groups in total. The molecule has 0 aliphatic rings. The molecule has 0 spiro atoms. The predicted molar refractivity (Wildman–Crippen MR) is 126 cm³/mol. The van der Waals surface area contributed by atoms with E-state index in [1.807, 2.05) is 72.8 Å². The van der Waals surface area contributed by atoms with Crippen LogP contribution in [0.25, 0.3) is 10.8 Å². The first-order chi connectivity index (χ1) is 15.5. The van der Waals surface area contributed by atoms with E-state index < -0.39 is 12.2 Å². The third kappa shape index (κ3) is 4.39. The van der Waals surface area contributed by atoms with Crippen molar-refractivity contribution in [1.82, 2.24) is 0 Å². The molecule has 0 unspecified atom stereocenters. The van der Waals surface area contributed by atoms with E-state index in [4.69, 9.17) is 9.47 Å². The van der Waals surface area contributed by atoms with Crippen molar-refractivity contribution < 1.29 is 19.1 Å². The first-order valence-corrected chi connectivity index (χ1v) is 10.1. The van der Waals surface area contributed by atoms with Crippen LogP contribution in [0.5, 0.6) is 11.5 Å². The topological polar surface area (TPSA) is 59.1 Å². The molecule has 0 heterocycles. The van der Waals surface area contributed by atoms with Gasteiger partial charge in [0, 0.05) is 36.2 Å². The number of fused-ring (bicyclic) bond motifs is 1. The first kappa shape index (κ1) is 20.9. The number of carbonyl (C=O) groups excluding carboxylic acids is 2. The number of hydrogen-bond acceptors (Lipinski definition) is 4. The Balaban J connectivity index is 1.57. The average molecular weight is 426 g/mol. The minimum absolute atomic E-state index is 0.379. The van der Waals surface area contributed by atoms with Gasteiger partial charge in [0.2, 0.25) is 0 Å². The number of rotatable bonds is 4. The van der Waals surface area contributed by atoms with Crippen molar-refractivity contribution in [3.63, 3.8) is 0 Å². The highest BCUT2D eigenvalue weighted by molar-refractivity contribution is 5.98. The Hall–Kier alpha value is -4.32. The molecule has 6 heteroatoms. The lowest BCUT2D eigenvalue weighted by molar-refractivity contribution is 0.208. The van der Waals surface area contributed by atoms with Crippen LogP contribution in [0.15, 0.2) is 97.1 Å². The van der Waals surface area contributed by atoms with Crippen molar-refractivity contribution in [1.29, 1.82) is 0 Å². The van der Waals surface area contributed by atoms with Gasteiger partial charge in [-0.3, -0.25) is 9.80 Å². The average Bonchev–Trinajstić information content (AvgIpc) is 2.84. The third-order valence-corrected chi connectivity index (χ3v) is 5.07. The van der Waals surface area contributed by atoms with Gasteiger partial charge in [0.1, 0.15) is 11.5 Å². The molecule has 0 saturated carbocycles. The quantitative estimate of drug-likeness (QED) is 0.395. The van der Waals surface area contributed by atoms with Crippen molar-refractivity contribution >= 4 is 34.3 Å². The van der Waals surface area contributed by atoms with E-state index in [0.717, 1.165) is 11.4 Å². The van der Waals surface area contributed by atoms with Gasteiger partial charge in [-0.1, -0.05) is 60.7 Å². The lowest BCUT2D eigenvalue weighted by Crippen LogP contribution is -2.29. The summed E-state index contributed by atoms with van der Waals surface area (Å²) in [6, 6.07) is 29.0. The summed E-state index contributed by atoms with van der Waals surface area (Å²) < 4.78 is 11.3. The molecule has 0 aromatic heterocycles. The van der Waals surface area contributed by atoms with Crippen LogP contribution in [-0.2, 0) is 0 Å². The summed E-state index contributed by atoms with van der Waals surface area (Å²) in [4.78, 5) is 28.2. The zero-order chi connectivity index (χ0) is 22.5. The molecular weight excluding hydrogens is 404 g/mol. The summed E-state index contributed by atoms with van der Waals surface area (Å²) in [6.45, 7) is 0. The highest BCUT2D eigenvalue weighted by Crippen LogP contribution is 2.33. The van der Waals surface area contributed by atoms with Gasteiger partial charge < -0.3 is 9.47 Å². The number of ether oxygens (including phenoxy) is 2. The van der Waals surface area contributed by atoms with Crippen LogP contribution in [0.2, 0.25) is 0 Å². The first-order valence-electron chi connectivity index (χ1n) is 10.1. The Morgan fingerprint density at radius 2 is 0.906 bits per heavy atom. The van der Waals surface area contributed by atoms with Gasteiger partial charge in [-0.25, -0.2) is 9.59 Å². The summed E-state index contributed by atoms with van der Waals surface area (Å²) >= 11 is 0. The summed E-state index contributed by atoms with van der Waals surface area (Å²) in [7, 11) is 3.30. The fourth-order valence-electron chi connectivity index (χ4n) is 3.27. The predicted octanol–water partition coefficient (Wildman–Crippen LogP) is 6.11. The SMILES string of the molecule is CN(C(=O)Oc1cccc2c(OC(=O)N(C)c3ccccc3)cccc12)c1ccccc1. The highest BCUT2D eigenvalue weighted by atomic mass is 16.6. The molecule has 2 amide bonds. The van der Waals surface area contributed by atoms with Gasteiger partial charge in [0.05, 0.1) is 0 Å². The Bertz CT molecular complexity index is 1140. The summed E-state index contributed by atoms with van der Waals surface area (Å²) in [6.07, 6.45) is -1.04. The molecule has 0 atom stereocenters. The Morgan fingerprint density at radius 1 is 0.531 bits per heavy atom. The molecule has 0 fully saturated rings. The molecule has 0 aliphatic carbocycles. The van der Waals surface area contributed by atoms with Crippen molar-refractivity contribution in [3.05, 3.63) is 97.1 Å². The van der Waals surface area contributed by atoms with Crippen LogP contribution in [0.3, 0.4) is 0 Å². The molecule has 4 aromatic carbocycles. The minimum Gasteiger partial charge on any atom is -0.409 e. The van der Waals surface area contributed by atoms with Crippen LogP contribution in [0.1, 0.15) is 0 Å². The molecule has 4 aromatic rings. The van der Waals surface area contributed by atoms with Crippen molar-refractivity contribution in [2.45, 2.75) is 0 Å². The normalized spacial score (nSPS) is 10.4. The van der Waals surface area contributed by atoms with E-state index in [2.05, 4.69) is 0 Å². The van der Waals surface area contributed by atoms with E-state index in [1.165, 1.54) is 9.80 Å². The van der Waals surface area contributed by atoms with Crippen molar-refractivity contribution in [2.75, 3.05) is 23.9 Å². The molecule has 0 bridgehead atoms. The van der Waals surface area contributed by atoms with Gasteiger partial charge >= 0.3 is 12.2 Å². The maximum atomic E-state index is 12.7. The van der Waals surface area contributed by atoms with E-state index in [0.29, 0.717) is 22.3 Å². The second-order valence-electron chi connectivity index (χ2n) is 7.13. The van der Waals surface area contributed by atoms with Gasteiger partial charge in [-0.2, -0.15) is 0 Å². The molecule has 0 aliphatic heterocycles. The van der Waals surface area contributed by atoms with E-state index in [-0.39, 0.29) is 0 Å². The fourth-order valence-corrected chi connectivity index (χ4v) is 3.27. The number of anilines is 2. The Labute approximate surface area is 186 Å². The summed E-state index contributed by atoms with van der Waals surface area (Å²) in [5.74, 6) is 0.759.